The minimum Gasteiger partial charge on any atom is -0.393 e. The Kier molecular flexibility index (Phi) is 3.38. The maximum Gasteiger partial charge on any atom is 0.0757 e. The Morgan fingerprint density at radius 2 is 1.65 bits per heavy atom. The zero-order chi connectivity index (χ0) is 16.6. The Morgan fingerprint density at radius 3 is 2.39 bits per heavy atom. The van der Waals surface area contributed by atoms with Crippen LogP contribution >= 0.6 is 0 Å². The van der Waals surface area contributed by atoms with Crippen LogP contribution in [0, 0.1) is 28.6 Å². The van der Waals surface area contributed by atoms with Crippen molar-refractivity contribution in [2.45, 2.75) is 83.5 Å². The molecular weight excluding hydrogens is 288 g/mol. The molecule has 4 rings (SSSR count). The second-order valence-corrected chi connectivity index (χ2v) is 9.56. The third kappa shape index (κ3) is 1.99. The van der Waals surface area contributed by atoms with E-state index in [1.54, 1.807) is 0 Å². The second kappa shape index (κ2) is 4.83. The van der Waals surface area contributed by atoms with E-state index in [1.165, 1.54) is 5.57 Å². The van der Waals surface area contributed by atoms with Crippen LogP contribution in [-0.2, 0) is 0 Å². The maximum atomic E-state index is 10.9. The van der Waals surface area contributed by atoms with Gasteiger partial charge in [-0.2, -0.15) is 0 Å². The van der Waals surface area contributed by atoms with E-state index in [-0.39, 0.29) is 22.9 Å². The summed E-state index contributed by atoms with van der Waals surface area (Å²) in [6, 6.07) is 0. The third-order valence-corrected chi connectivity index (χ3v) is 8.67. The van der Waals surface area contributed by atoms with Gasteiger partial charge in [0.2, 0.25) is 0 Å². The molecule has 3 nitrogen and oxygen atoms in total. The highest BCUT2D eigenvalue weighted by molar-refractivity contribution is 5.28. The summed E-state index contributed by atoms with van der Waals surface area (Å²) in [6.07, 6.45) is 8.11. The van der Waals surface area contributed by atoms with Crippen molar-refractivity contribution in [1.29, 1.82) is 0 Å². The van der Waals surface area contributed by atoms with Crippen LogP contribution < -0.4 is 0 Å². The van der Waals surface area contributed by atoms with Crippen LogP contribution in [0.15, 0.2) is 11.6 Å². The van der Waals surface area contributed by atoms with Crippen molar-refractivity contribution in [1.82, 2.24) is 0 Å². The summed E-state index contributed by atoms with van der Waals surface area (Å²) in [5.74, 6) is 1.18. The summed E-state index contributed by atoms with van der Waals surface area (Å²) in [7, 11) is 0. The van der Waals surface area contributed by atoms with Crippen molar-refractivity contribution in [3.05, 3.63) is 11.6 Å². The third-order valence-electron chi connectivity index (χ3n) is 8.67. The molecule has 23 heavy (non-hydrogen) atoms. The van der Waals surface area contributed by atoms with Crippen molar-refractivity contribution < 1.29 is 15.3 Å². The van der Waals surface area contributed by atoms with Gasteiger partial charge in [-0.25, -0.2) is 0 Å². The lowest BCUT2D eigenvalue weighted by Gasteiger charge is -2.59. The first kappa shape index (κ1) is 16.1. The van der Waals surface area contributed by atoms with Crippen molar-refractivity contribution in [3.63, 3.8) is 0 Å². The predicted molar refractivity (Wildman–Crippen MR) is 89.7 cm³/mol. The Morgan fingerprint density at radius 1 is 0.957 bits per heavy atom. The van der Waals surface area contributed by atoms with E-state index in [0.29, 0.717) is 11.8 Å². The molecule has 3 saturated carbocycles. The topological polar surface area (TPSA) is 60.7 Å². The largest absolute Gasteiger partial charge is 0.393 e. The molecule has 0 aliphatic heterocycles. The molecule has 3 fully saturated rings. The van der Waals surface area contributed by atoms with E-state index in [0.717, 1.165) is 44.9 Å². The average molecular weight is 320 g/mol. The summed E-state index contributed by atoms with van der Waals surface area (Å²) in [5, 5.41) is 31.9. The lowest BCUT2D eigenvalue weighted by Crippen LogP contribution is -2.57. The van der Waals surface area contributed by atoms with E-state index >= 15 is 0 Å². The molecule has 0 saturated heterocycles. The van der Waals surface area contributed by atoms with Crippen LogP contribution in [0.2, 0.25) is 0 Å². The molecule has 0 heterocycles. The van der Waals surface area contributed by atoms with Crippen LogP contribution in [-0.4, -0.2) is 33.1 Å². The number of hydrogen-bond donors (Lipinski definition) is 3. The van der Waals surface area contributed by atoms with Crippen molar-refractivity contribution >= 4 is 0 Å². The van der Waals surface area contributed by atoms with Gasteiger partial charge in [-0.3, -0.25) is 0 Å². The Hall–Kier alpha value is -0.380. The summed E-state index contributed by atoms with van der Waals surface area (Å²) in [5.41, 5.74) is 0.762. The molecule has 0 aromatic rings. The van der Waals surface area contributed by atoms with Gasteiger partial charge in [-0.15, -0.1) is 0 Å². The van der Waals surface area contributed by atoms with Crippen LogP contribution in [0.3, 0.4) is 0 Å². The maximum absolute atomic E-state index is 10.9. The highest BCUT2D eigenvalue weighted by atomic mass is 16.3. The lowest BCUT2D eigenvalue weighted by atomic mass is 9.46. The smallest absolute Gasteiger partial charge is 0.0757 e. The Bertz CT molecular complexity index is 539. The number of hydrogen-bond acceptors (Lipinski definition) is 3. The monoisotopic (exact) mass is 320 g/mol. The van der Waals surface area contributed by atoms with E-state index in [1.807, 2.05) is 6.92 Å². The molecule has 8 atom stereocenters. The first-order chi connectivity index (χ1) is 10.7. The lowest BCUT2D eigenvalue weighted by molar-refractivity contribution is -0.136. The van der Waals surface area contributed by atoms with Crippen LogP contribution in [0.1, 0.15) is 65.7 Å². The zero-order valence-electron chi connectivity index (χ0n) is 14.8. The van der Waals surface area contributed by atoms with E-state index in [2.05, 4.69) is 19.9 Å². The summed E-state index contributed by atoms with van der Waals surface area (Å²) >= 11 is 0. The van der Waals surface area contributed by atoms with Crippen LogP contribution in [0.5, 0.6) is 0 Å². The van der Waals surface area contributed by atoms with Crippen LogP contribution in [0.25, 0.3) is 0 Å². The highest BCUT2D eigenvalue weighted by Gasteiger charge is 2.63. The molecule has 4 aliphatic rings. The standard InChI is InChI=1S/C20H32O3/c1-18-7-4-13(21)10-12(18)11-16(22)17-14(18)5-8-19(2)15(17)6-9-20(19,3)23/h11,13-17,21-23H,4-10H2,1-3H3/t13-,14?,15?,16+,17?,18-,19-,20-/m0/s1. The average Bonchev–Trinajstić information content (AvgIpc) is 2.72. The molecular formula is C20H32O3. The fraction of sp³-hybridized carbons (Fsp3) is 0.900. The van der Waals surface area contributed by atoms with Gasteiger partial charge in [-0.05, 0) is 80.5 Å². The van der Waals surface area contributed by atoms with Gasteiger partial charge in [0.05, 0.1) is 17.8 Å². The van der Waals surface area contributed by atoms with Gasteiger partial charge in [0, 0.05) is 0 Å². The van der Waals surface area contributed by atoms with Gasteiger partial charge < -0.3 is 15.3 Å². The fourth-order valence-corrected chi connectivity index (χ4v) is 6.87. The first-order valence-corrected chi connectivity index (χ1v) is 9.49. The van der Waals surface area contributed by atoms with Crippen molar-refractivity contribution in [3.8, 4) is 0 Å². The first-order valence-electron chi connectivity index (χ1n) is 9.49. The number of rotatable bonds is 0. The SMILES string of the molecule is C[C@]12CC[C@H](O)CC1=C[C@@H](O)C1C2CC[C@@]2(C)C1CC[C@]2(C)O. The van der Waals surface area contributed by atoms with Gasteiger partial charge in [0.15, 0.2) is 0 Å². The highest BCUT2D eigenvalue weighted by Crippen LogP contribution is 2.66. The normalized spacial score (nSPS) is 58.9. The van der Waals surface area contributed by atoms with E-state index in [4.69, 9.17) is 0 Å². The summed E-state index contributed by atoms with van der Waals surface area (Å²) < 4.78 is 0. The predicted octanol–water partition coefficient (Wildman–Crippen LogP) is 3.03. The number of fused-ring (bicyclic) bond motifs is 5. The number of aliphatic hydroxyl groups is 3. The summed E-state index contributed by atoms with van der Waals surface area (Å²) in [6.45, 7) is 6.62. The molecule has 130 valence electrons. The molecule has 0 bridgehead atoms. The zero-order valence-corrected chi connectivity index (χ0v) is 14.8. The van der Waals surface area contributed by atoms with Crippen molar-refractivity contribution in [2.75, 3.05) is 0 Å². The van der Waals surface area contributed by atoms with Gasteiger partial charge in [0.1, 0.15) is 0 Å². The van der Waals surface area contributed by atoms with E-state index < -0.39 is 11.7 Å². The molecule has 3 N–H and O–H groups in total. The minimum atomic E-state index is -0.601. The summed E-state index contributed by atoms with van der Waals surface area (Å²) in [4.78, 5) is 0. The van der Waals surface area contributed by atoms with Gasteiger partial charge in [0.25, 0.3) is 0 Å². The molecule has 0 amide bonds. The number of aliphatic hydroxyl groups excluding tert-OH is 2. The molecule has 0 aromatic carbocycles. The molecule has 0 spiro atoms. The fourth-order valence-electron chi connectivity index (χ4n) is 6.87. The Balaban J connectivity index is 1.74. The minimum absolute atomic E-state index is 0.0645. The van der Waals surface area contributed by atoms with Crippen molar-refractivity contribution in [2.24, 2.45) is 28.6 Å². The van der Waals surface area contributed by atoms with Gasteiger partial charge in [-0.1, -0.05) is 25.5 Å². The van der Waals surface area contributed by atoms with Gasteiger partial charge >= 0.3 is 0 Å². The molecule has 3 heteroatoms. The Labute approximate surface area is 139 Å². The second-order valence-electron chi connectivity index (χ2n) is 9.56. The molecule has 0 radical (unpaired) electrons. The quantitative estimate of drug-likeness (QED) is 0.601. The molecule has 3 unspecified atom stereocenters. The molecule has 0 aromatic heterocycles. The van der Waals surface area contributed by atoms with Crippen LogP contribution in [0.4, 0.5) is 0 Å². The van der Waals surface area contributed by atoms with E-state index in [9.17, 15) is 15.3 Å². The molecule has 4 aliphatic carbocycles.